The summed E-state index contributed by atoms with van der Waals surface area (Å²) in [5.41, 5.74) is 0. The molecule has 0 bridgehead atoms. The van der Waals surface area contributed by atoms with Gasteiger partial charge < -0.3 is 15.0 Å². The van der Waals surface area contributed by atoms with E-state index in [1.165, 1.54) is 25.7 Å². The zero-order valence-corrected chi connectivity index (χ0v) is 10.6. The fourth-order valence-corrected chi connectivity index (χ4v) is 2.59. The second-order valence-electron chi connectivity index (χ2n) is 4.76. The molecule has 0 aliphatic heterocycles. The fourth-order valence-electron chi connectivity index (χ4n) is 2.59. The van der Waals surface area contributed by atoms with Crippen LogP contribution in [0.25, 0.3) is 0 Å². The minimum atomic E-state index is 0.410. The molecule has 2 N–H and O–H groups in total. The van der Waals surface area contributed by atoms with E-state index >= 15 is 0 Å². The van der Waals surface area contributed by atoms with Crippen molar-refractivity contribution < 1.29 is 4.74 Å². The monoisotopic (exact) mass is 237 g/mol. The third-order valence-electron chi connectivity index (χ3n) is 3.56. The van der Waals surface area contributed by atoms with Crippen LogP contribution in [-0.4, -0.2) is 35.8 Å². The van der Waals surface area contributed by atoms with Crippen molar-refractivity contribution in [3.05, 3.63) is 18.2 Å². The van der Waals surface area contributed by atoms with Gasteiger partial charge in [-0.1, -0.05) is 12.8 Å². The largest absolute Gasteiger partial charge is 0.380 e. The lowest BCUT2D eigenvalue weighted by molar-refractivity contribution is 0.0419. The average Bonchev–Trinajstić information content (AvgIpc) is 2.88. The molecule has 0 radical (unpaired) electrons. The molecule has 96 valence electrons. The quantitative estimate of drug-likeness (QED) is 0.743. The van der Waals surface area contributed by atoms with Crippen LogP contribution in [0.3, 0.4) is 0 Å². The SMILES string of the molecule is COC1CCCCC1NCCCc1ncc[nH]1. The van der Waals surface area contributed by atoms with E-state index in [9.17, 15) is 0 Å². The second-order valence-corrected chi connectivity index (χ2v) is 4.76. The van der Waals surface area contributed by atoms with Gasteiger partial charge in [0.1, 0.15) is 5.82 Å². The Morgan fingerprint density at radius 2 is 2.35 bits per heavy atom. The van der Waals surface area contributed by atoms with Gasteiger partial charge in [0.05, 0.1) is 6.10 Å². The molecule has 1 aliphatic carbocycles. The molecule has 17 heavy (non-hydrogen) atoms. The van der Waals surface area contributed by atoms with Crippen molar-refractivity contribution in [3.63, 3.8) is 0 Å². The summed E-state index contributed by atoms with van der Waals surface area (Å²) in [5.74, 6) is 1.08. The smallest absolute Gasteiger partial charge is 0.106 e. The molecule has 1 aromatic heterocycles. The van der Waals surface area contributed by atoms with E-state index in [1.807, 2.05) is 19.5 Å². The van der Waals surface area contributed by atoms with Crippen LogP contribution in [0, 0.1) is 0 Å². The first kappa shape index (κ1) is 12.6. The van der Waals surface area contributed by atoms with E-state index in [0.717, 1.165) is 25.2 Å². The van der Waals surface area contributed by atoms with Crippen molar-refractivity contribution >= 4 is 0 Å². The van der Waals surface area contributed by atoms with Crippen molar-refractivity contribution in [1.29, 1.82) is 0 Å². The van der Waals surface area contributed by atoms with E-state index < -0.39 is 0 Å². The Kier molecular flexibility index (Phi) is 5.01. The molecule has 0 aromatic carbocycles. The van der Waals surface area contributed by atoms with Crippen molar-refractivity contribution in [2.24, 2.45) is 0 Å². The van der Waals surface area contributed by atoms with Gasteiger partial charge in [-0.05, 0) is 25.8 Å². The van der Waals surface area contributed by atoms with Crippen LogP contribution >= 0.6 is 0 Å². The third kappa shape index (κ3) is 3.82. The molecule has 4 heteroatoms. The summed E-state index contributed by atoms with van der Waals surface area (Å²) in [6.07, 6.45) is 11.3. The molecule has 1 fully saturated rings. The van der Waals surface area contributed by atoms with E-state index in [0.29, 0.717) is 12.1 Å². The summed E-state index contributed by atoms with van der Waals surface area (Å²) in [4.78, 5) is 7.36. The number of aromatic amines is 1. The molecule has 1 aliphatic rings. The van der Waals surface area contributed by atoms with Gasteiger partial charge in [0.15, 0.2) is 0 Å². The van der Waals surface area contributed by atoms with Crippen molar-refractivity contribution in [3.8, 4) is 0 Å². The summed E-state index contributed by atoms with van der Waals surface area (Å²) in [5, 5.41) is 3.62. The summed E-state index contributed by atoms with van der Waals surface area (Å²) >= 11 is 0. The highest BCUT2D eigenvalue weighted by atomic mass is 16.5. The van der Waals surface area contributed by atoms with Crippen LogP contribution < -0.4 is 5.32 Å². The molecule has 4 nitrogen and oxygen atoms in total. The number of aryl methyl sites for hydroxylation is 1. The first-order valence-corrected chi connectivity index (χ1v) is 6.64. The summed E-state index contributed by atoms with van der Waals surface area (Å²) in [6, 6.07) is 0.547. The highest BCUT2D eigenvalue weighted by molar-refractivity contribution is 4.87. The minimum Gasteiger partial charge on any atom is -0.380 e. The second kappa shape index (κ2) is 6.77. The molecule has 2 atom stereocenters. The Morgan fingerprint density at radius 1 is 1.47 bits per heavy atom. The predicted octanol–water partition coefficient (Wildman–Crippen LogP) is 1.89. The van der Waals surface area contributed by atoms with E-state index in [-0.39, 0.29) is 0 Å². The number of imidazole rings is 1. The third-order valence-corrected chi connectivity index (χ3v) is 3.56. The van der Waals surface area contributed by atoms with Gasteiger partial charge in [-0.25, -0.2) is 4.98 Å². The zero-order chi connectivity index (χ0) is 11.9. The number of nitrogens with zero attached hydrogens (tertiary/aromatic N) is 1. The molecule has 2 unspecified atom stereocenters. The molecular weight excluding hydrogens is 214 g/mol. The Labute approximate surface area is 103 Å². The van der Waals surface area contributed by atoms with Crippen LogP contribution in [-0.2, 0) is 11.2 Å². The number of hydrogen-bond acceptors (Lipinski definition) is 3. The minimum absolute atomic E-state index is 0.410. The Hall–Kier alpha value is -0.870. The topological polar surface area (TPSA) is 49.9 Å². The van der Waals surface area contributed by atoms with E-state index in [1.54, 1.807) is 0 Å². The van der Waals surface area contributed by atoms with Crippen LogP contribution in [0.15, 0.2) is 12.4 Å². The van der Waals surface area contributed by atoms with Gasteiger partial charge in [0.2, 0.25) is 0 Å². The zero-order valence-electron chi connectivity index (χ0n) is 10.6. The summed E-state index contributed by atoms with van der Waals surface area (Å²) in [7, 11) is 1.83. The van der Waals surface area contributed by atoms with Crippen LogP contribution in [0.2, 0.25) is 0 Å². The van der Waals surface area contributed by atoms with Gasteiger partial charge in [-0.15, -0.1) is 0 Å². The number of hydrogen-bond donors (Lipinski definition) is 2. The maximum Gasteiger partial charge on any atom is 0.106 e. The van der Waals surface area contributed by atoms with E-state index in [4.69, 9.17) is 4.74 Å². The van der Waals surface area contributed by atoms with Crippen LogP contribution in [0.5, 0.6) is 0 Å². The maximum atomic E-state index is 5.53. The molecule has 0 spiro atoms. The van der Waals surface area contributed by atoms with Gasteiger partial charge >= 0.3 is 0 Å². The molecular formula is C13H23N3O. The number of ether oxygens (including phenoxy) is 1. The lowest BCUT2D eigenvalue weighted by atomic mass is 9.92. The summed E-state index contributed by atoms with van der Waals surface area (Å²) in [6.45, 7) is 1.05. The van der Waals surface area contributed by atoms with E-state index in [2.05, 4.69) is 15.3 Å². The van der Waals surface area contributed by atoms with Gasteiger partial charge in [-0.3, -0.25) is 0 Å². The average molecular weight is 237 g/mol. The normalized spacial score (nSPS) is 25.0. The number of nitrogens with one attached hydrogen (secondary N) is 2. The first-order valence-electron chi connectivity index (χ1n) is 6.64. The Bertz CT molecular complexity index is 300. The fraction of sp³-hybridized carbons (Fsp3) is 0.769. The van der Waals surface area contributed by atoms with Gasteiger partial charge in [-0.2, -0.15) is 0 Å². The summed E-state index contributed by atoms with van der Waals surface area (Å²) < 4.78 is 5.53. The number of H-pyrrole nitrogens is 1. The standard InChI is InChI=1S/C13H23N3O/c1-17-12-6-3-2-5-11(12)14-8-4-7-13-15-9-10-16-13/h9-12,14H,2-8H2,1H3,(H,15,16). The first-order chi connectivity index (χ1) is 8.40. The van der Waals surface area contributed by atoms with Crippen LogP contribution in [0.4, 0.5) is 0 Å². The lowest BCUT2D eigenvalue weighted by Crippen LogP contribution is -2.43. The van der Waals surface area contributed by atoms with Gasteiger partial charge in [0.25, 0.3) is 0 Å². The highest BCUT2D eigenvalue weighted by Gasteiger charge is 2.23. The maximum absolute atomic E-state index is 5.53. The number of methoxy groups -OCH3 is 1. The molecule has 1 heterocycles. The lowest BCUT2D eigenvalue weighted by Gasteiger charge is -2.31. The molecule has 1 aromatic rings. The molecule has 0 amide bonds. The number of aromatic nitrogens is 2. The van der Waals surface area contributed by atoms with Crippen molar-refractivity contribution in [2.75, 3.05) is 13.7 Å². The Morgan fingerprint density at radius 3 is 3.12 bits per heavy atom. The molecule has 0 saturated heterocycles. The van der Waals surface area contributed by atoms with Crippen molar-refractivity contribution in [1.82, 2.24) is 15.3 Å². The number of rotatable bonds is 6. The van der Waals surface area contributed by atoms with Crippen molar-refractivity contribution in [2.45, 2.75) is 50.7 Å². The Balaban J connectivity index is 1.63. The predicted molar refractivity (Wildman–Crippen MR) is 68.0 cm³/mol. The highest BCUT2D eigenvalue weighted by Crippen LogP contribution is 2.20. The van der Waals surface area contributed by atoms with Crippen LogP contribution in [0.1, 0.15) is 37.9 Å². The van der Waals surface area contributed by atoms with Gasteiger partial charge in [0, 0.05) is 32.0 Å². The molecule has 1 saturated carbocycles. The molecule has 2 rings (SSSR count).